The summed E-state index contributed by atoms with van der Waals surface area (Å²) in [5.74, 6) is 0.430. The molecule has 0 unspecified atom stereocenters. The number of carbonyl (C=O) groups is 1. The summed E-state index contributed by atoms with van der Waals surface area (Å²) in [6.07, 6.45) is 1.68. The first-order chi connectivity index (χ1) is 11.1. The summed E-state index contributed by atoms with van der Waals surface area (Å²) >= 11 is 1.40. The van der Waals surface area contributed by atoms with Gasteiger partial charge in [-0.25, -0.2) is 0 Å². The van der Waals surface area contributed by atoms with E-state index in [9.17, 15) is 4.79 Å². The van der Waals surface area contributed by atoms with Crippen LogP contribution in [0.2, 0.25) is 0 Å². The molecule has 0 saturated carbocycles. The van der Waals surface area contributed by atoms with Crippen LogP contribution in [0.25, 0.3) is 5.69 Å². The maximum absolute atomic E-state index is 12.4. The minimum Gasteiger partial charge on any atom is -0.362 e. The van der Waals surface area contributed by atoms with E-state index < -0.39 is 0 Å². The van der Waals surface area contributed by atoms with Crippen molar-refractivity contribution in [3.8, 4) is 5.69 Å². The van der Waals surface area contributed by atoms with Crippen molar-refractivity contribution in [2.45, 2.75) is 25.9 Å². The quantitative estimate of drug-likeness (QED) is 0.576. The maximum Gasteiger partial charge on any atom is 0.196 e. The SMILES string of the molecule is Cc1cc(C(=O)CSc2nncn2-c2ccccc2C)c(C)[nH]1. The zero-order chi connectivity index (χ0) is 16.4. The van der Waals surface area contributed by atoms with Crippen LogP contribution in [0.3, 0.4) is 0 Å². The number of aromatic nitrogens is 4. The molecule has 2 aromatic heterocycles. The summed E-state index contributed by atoms with van der Waals surface area (Å²) in [6.45, 7) is 5.91. The van der Waals surface area contributed by atoms with E-state index in [0.717, 1.165) is 33.4 Å². The van der Waals surface area contributed by atoms with Crippen LogP contribution in [-0.4, -0.2) is 31.3 Å². The van der Waals surface area contributed by atoms with Crippen molar-refractivity contribution in [1.82, 2.24) is 19.7 Å². The predicted octanol–water partition coefficient (Wildman–Crippen LogP) is 3.50. The number of para-hydroxylation sites is 1. The Morgan fingerprint density at radius 3 is 2.74 bits per heavy atom. The van der Waals surface area contributed by atoms with Gasteiger partial charge in [0.15, 0.2) is 10.9 Å². The van der Waals surface area contributed by atoms with Crippen molar-refractivity contribution in [1.29, 1.82) is 0 Å². The van der Waals surface area contributed by atoms with Crippen LogP contribution >= 0.6 is 11.8 Å². The maximum atomic E-state index is 12.4. The molecule has 0 saturated heterocycles. The second kappa shape index (κ2) is 6.42. The highest BCUT2D eigenvalue weighted by Crippen LogP contribution is 2.23. The zero-order valence-corrected chi connectivity index (χ0v) is 14.1. The predicted molar refractivity (Wildman–Crippen MR) is 91.4 cm³/mol. The van der Waals surface area contributed by atoms with E-state index in [-0.39, 0.29) is 5.78 Å². The van der Waals surface area contributed by atoms with Gasteiger partial charge >= 0.3 is 0 Å². The average Bonchev–Trinajstić information content (AvgIpc) is 3.11. The van der Waals surface area contributed by atoms with E-state index in [2.05, 4.69) is 15.2 Å². The third-order valence-electron chi connectivity index (χ3n) is 3.67. The lowest BCUT2D eigenvalue weighted by atomic mass is 10.2. The van der Waals surface area contributed by atoms with Gasteiger partial charge in [0, 0.05) is 17.0 Å². The standard InChI is InChI=1S/C17H18N4OS/c1-11-6-4-5-7-15(11)21-10-18-20-17(21)23-9-16(22)14-8-12(2)19-13(14)3/h4-8,10,19H,9H2,1-3H3. The summed E-state index contributed by atoms with van der Waals surface area (Å²) in [7, 11) is 0. The van der Waals surface area contributed by atoms with Crippen LogP contribution in [0.1, 0.15) is 27.3 Å². The molecule has 3 rings (SSSR count). The summed E-state index contributed by atoms with van der Waals surface area (Å²) in [5.41, 5.74) is 4.82. The zero-order valence-electron chi connectivity index (χ0n) is 13.3. The van der Waals surface area contributed by atoms with Gasteiger partial charge in [-0.1, -0.05) is 30.0 Å². The Morgan fingerprint density at radius 1 is 1.26 bits per heavy atom. The number of rotatable bonds is 5. The van der Waals surface area contributed by atoms with Crippen molar-refractivity contribution in [2.24, 2.45) is 0 Å². The molecule has 2 heterocycles. The average molecular weight is 326 g/mol. The first-order valence-electron chi connectivity index (χ1n) is 7.34. The molecule has 3 aromatic rings. The fourth-order valence-corrected chi connectivity index (χ4v) is 3.35. The largest absolute Gasteiger partial charge is 0.362 e. The van der Waals surface area contributed by atoms with Crippen LogP contribution < -0.4 is 0 Å². The number of Topliss-reactive ketones (excluding diaryl/α,β-unsaturated/α-hetero) is 1. The van der Waals surface area contributed by atoms with Crippen molar-refractivity contribution in [2.75, 3.05) is 5.75 Å². The molecule has 0 aliphatic rings. The highest BCUT2D eigenvalue weighted by Gasteiger charge is 2.15. The summed E-state index contributed by atoms with van der Waals surface area (Å²) < 4.78 is 1.92. The molecular formula is C17H18N4OS. The van der Waals surface area contributed by atoms with Crippen LogP contribution in [0.15, 0.2) is 41.8 Å². The molecule has 0 bridgehead atoms. The molecule has 0 amide bonds. The van der Waals surface area contributed by atoms with E-state index in [1.165, 1.54) is 11.8 Å². The molecule has 6 heteroatoms. The smallest absolute Gasteiger partial charge is 0.196 e. The third kappa shape index (κ3) is 3.22. The van der Waals surface area contributed by atoms with Crippen LogP contribution in [0.5, 0.6) is 0 Å². The van der Waals surface area contributed by atoms with E-state index in [0.29, 0.717) is 5.75 Å². The van der Waals surface area contributed by atoms with Gasteiger partial charge in [-0.05, 0) is 38.5 Å². The normalized spacial score (nSPS) is 10.9. The van der Waals surface area contributed by atoms with Crippen LogP contribution in [-0.2, 0) is 0 Å². The summed E-state index contributed by atoms with van der Waals surface area (Å²) in [5, 5.41) is 8.85. The summed E-state index contributed by atoms with van der Waals surface area (Å²) in [6, 6.07) is 9.93. The number of ketones is 1. The van der Waals surface area contributed by atoms with Gasteiger partial charge in [-0.2, -0.15) is 0 Å². The number of nitrogens with zero attached hydrogens (tertiary/aromatic N) is 3. The fraction of sp³-hybridized carbons (Fsp3) is 0.235. The molecule has 1 N–H and O–H groups in total. The number of carbonyl (C=O) groups excluding carboxylic acids is 1. The lowest BCUT2D eigenvalue weighted by Gasteiger charge is -2.08. The Balaban J connectivity index is 1.78. The molecule has 118 valence electrons. The Kier molecular flexibility index (Phi) is 4.34. The van der Waals surface area contributed by atoms with Crippen molar-refractivity contribution < 1.29 is 4.79 Å². The van der Waals surface area contributed by atoms with Gasteiger partial charge in [-0.3, -0.25) is 9.36 Å². The van der Waals surface area contributed by atoms with Crippen LogP contribution in [0, 0.1) is 20.8 Å². The fourth-order valence-electron chi connectivity index (χ4n) is 2.54. The minimum absolute atomic E-state index is 0.0937. The molecule has 0 aliphatic carbocycles. The number of aryl methyl sites for hydroxylation is 3. The van der Waals surface area contributed by atoms with Crippen molar-refractivity contribution >= 4 is 17.5 Å². The van der Waals surface area contributed by atoms with Gasteiger partial charge in [0.25, 0.3) is 0 Å². The summed E-state index contributed by atoms with van der Waals surface area (Å²) in [4.78, 5) is 15.6. The molecular weight excluding hydrogens is 308 g/mol. The Labute approximate surface area is 139 Å². The number of benzene rings is 1. The highest BCUT2D eigenvalue weighted by molar-refractivity contribution is 7.99. The van der Waals surface area contributed by atoms with Gasteiger partial charge in [0.2, 0.25) is 0 Å². The van der Waals surface area contributed by atoms with E-state index in [1.54, 1.807) is 6.33 Å². The molecule has 0 aliphatic heterocycles. The molecule has 0 atom stereocenters. The molecule has 0 radical (unpaired) electrons. The first kappa shape index (κ1) is 15.6. The number of thioether (sulfide) groups is 1. The van der Waals surface area contributed by atoms with Gasteiger partial charge in [0.05, 0.1) is 11.4 Å². The molecule has 5 nitrogen and oxygen atoms in total. The number of hydrogen-bond acceptors (Lipinski definition) is 4. The Morgan fingerprint density at radius 2 is 2.04 bits per heavy atom. The van der Waals surface area contributed by atoms with Gasteiger partial charge in [-0.15, -0.1) is 10.2 Å². The van der Waals surface area contributed by atoms with E-state index in [4.69, 9.17) is 0 Å². The van der Waals surface area contributed by atoms with Gasteiger partial charge < -0.3 is 4.98 Å². The number of nitrogens with one attached hydrogen (secondary N) is 1. The molecule has 0 fully saturated rings. The number of aromatic amines is 1. The molecule has 0 spiro atoms. The third-order valence-corrected chi connectivity index (χ3v) is 4.62. The lowest BCUT2D eigenvalue weighted by molar-refractivity contribution is 0.102. The Bertz CT molecular complexity index is 850. The second-order valence-corrected chi connectivity index (χ2v) is 6.42. The first-order valence-corrected chi connectivity index (χ1v) is 8.33. The highest BCUT2D eigenvalue weighted by atomic mass is 32.2. The number of H-pyrrole nitrogens is 1. The molecule has 1 aromatic carbocycles. The lowest BCUT2D eigenvalue weighted by Crippen LogP contribution is -2.05. The second-order valence-electron chi connectivity index (χ2n) is 5.47. The minimum atomic E-state index is 0.0937. The van der Waals surface area contributed by atoms with Crippen molar-refractivity contribution in [3.05, 3.63) is 59.2 Å². The van der Waals surface area contributed by atoms with Crippen molar-refractivity contribution in [3.63, 3.8) is 0 Å². The Hall–Kier alpha value is -2.34. The van der Waals surface area contributed by atoms with E-state index >= 15 is 0 Å². The topological polar surface area (TPSA) is 63.6 Å². The van der Waals surface area contributed by atoms with E-state index in [1.807, 2.05) is 55.7 Å². The van der Waals surface area contributed by atoms with Crippen LogP contribution in [0.4, 0.5) is 0 Å². The number of hydrogen-bond donors (Lipinski definition) is 1. The molecule has 23 heavy (non-hydrogen) atoms. The van der Waals surface area contributed by atoms with Gasteiger partial charge in [0.1, 0.15) is 6.33 Å². The monoisotopic (exact) mass is 326 g/mol.